The Bertz CT molecular complexity index is 2210. The Kier molecular flexibility index (Phi) is 10.2. The molecular weight excluding hydrogens is 885 g/mol. The first-order valence-corrected chi connectivity index (χ1v) is 30.0. The summed E-state index contributed by atoms with van der Waals surface area (Å²) in [6.07, 6.45) is 15.2. The zero-order chi connectivity index (χ0) is 40.8. The predicted octanol–water partition coefficient (Wildman–Crippen LogP) is 13.2. The number of hydrogen-bond donors (Lipinski definition) is 0. The van der Waals surface area contributed by atoms with Crippen LogP contribution in [0.15, 0.2) is 78.9 Å². The van der Waals surface area contributed by atoms with E-state index in [-0.39, 0.29) is 45.2 Å². The summed E-state index contributed by atoms with van der Waals surface area (Å²) in [5.41, 5.74) is 14.1. The number of pyridine rings is 1. The normalized spacial score (nSPS) is 29.6. The van der Waals surface area contributed by atoms with Crippen LogP contribution in [0.2, 0.25) is 9.36 Å². The van der Waals surface area contributed by atoms with E-state index in [4.69, 9.17) is 4.98 Å². The number of aromatic nitrogens is 1. The van der Waals surface area contributed by atoms with Gasteiger partial charge in [0.25, 0.3) is 0 Å². The summed E-state index contributed by atoms with van der Waals surface area (Å²) in [4.78, 5) is 5.42. The molecule has 13 rings (SSSR count). The summed E-state index contributed by atoms with van der Waals surface area (Å²) < 4.78 is 4.64. The average Bonchev–Trinajstić information content (AvgIpc) is 3.19. The minimum atomic E-state index is 0.0307. The van der Waals surface area contributed by atoms with Crippen LogP contribution in [-0.2, 0) is 33.7 Å². The number of rotatable bonds is 6. The second-order valence-corrected chi connectivity index (χ2v) is 24.4. The van der Waals surface area contributed by atoms with Crippen LogP contribution in [0.3, 0.4) is 0 Å². The Morgan fingerprint density at radius 3 is 1.10 bits per heavy atom. The zero-order valence-electron chi connectivity index (χ0n) is 36.2. The third-order valence-corrected chi connectivity index (χ3v) is 15.9. The summed E-state index contributed by atoms with van der Waals surface area (Å²) >= 11 is 0.0833. The van der Waals surface area contributed by atoms with Gasteiger partial charge in [0.15, 0.2) is 0 Å². The van der Waals surface area contributed by atoms with E-state index in [9.17, 15) is 10.2 Å². The second-order valence-electron chi connectivity index (χ2n) is 20.8. The van der Waals surface area contributed by atoms with Crippen molar-refractivity contribution < 1.29 is 33.1 Å². The van der Waals surface area contributed by atoms with Crippen LogP contribution < -0.4 is 10.2 Å². The molecule has 4 aromatic carbocycles. The van der Waals surface area contributed by atoms with Gasteiger partial charge in [0, 0.05) is 11.1 Å². The van der Waals surface area contributed by atoms with E-state index in [0.717, 1.165) is 103 Å². The van der Waals surface area contributed by atoms with Crippen molar-refractivity contribution in [3.8, 4) is 56.3 Å². The first kappa shape index (κ1) is 39.6. The molecule has 0 radical (unpaired) electrons. The van der Waals surface area contributed by atoms with Crippen molar-refractivity contribution >= 4 is 0 Å². The quantitative estimate of drug-likeness (QED) is 0.159. The van der Waals surface area contributed by atoms with Gasteiger partial charge in [-0.3, -0.25) is 0 Å². The molecule has 4 heteroatoms. The molecule has 8 aliphatic carbocycles. The van der Waals surface area contributed by atoms with E-state index in [1.165, 1.54) is 88.2 Å². The molecule has 3 nitrogen and oxygen atoms in total. The maximum atomic E-state index is 14.9. The van der Waals surface area contributed by atoms with Crippen molar-refractivity contribution in [2.75, 3.05) is 0 Å². The van der Waals surface area contributed by atoms with Crippen LogP contribution in [0.5, 0.6) is 11.5 Å². The summed E-state index contributed by atoms with van der Waals surface area (Å²) in [6.45, 7) is 8.59. The summed E-state index contributed by atoms with van der Waals surface area (Å²) in [5.74, 6) is 5.10. The number of nitrogens with zero attached hydrogens (tertiary/aromatic N) is 1. The van der Waals surface area contributed by atoms with Crippen LogP contribution in [0, 0.1) is 63.2 Å². The van der Waals surface area contributed by atoms with Crippen molar-refractivity contribution in [3.05, 3.63) is 112 Å². The number of aryl methyl sites for hydroxylation is 4. The van der Waals surface area contributed by atoms with E-state index >= 15 is 0 Å². The fraction of sp³-hybridized carbons (Fsp3) is 0.473. The fourth-order valence-electron chi connectivity index (χ4n) is 14.6. The molecule has 8 saturated carbocycles. The van der Waals surface area contributed by atoms with Crippen molar-refractivity contribution in [3.63, 3.8) is 0 Å². The Balaban J connectivity index is 0.00000136. The van der Waals surface area contributed by atoms with E-state index in [2.05, 4.69) is 116 Å². The third-order valence-electron chi connectivity index (χ3n) is 15.9. The third kappa shape index (κ3) is 7.00. The predicted molar refractivity (Wildman–Crippen MR) is 235 cm³/mol. The molecule has 0 atom stereocenters. The second kappa shape index (κ2) is 15.1. The van der Waals surface area contributed by atoms with Gasteiger partial charge >= 0.3 is 32.3 Å². The van der Waals surface area contributed by atoms with Crippen molar-refractivity contribution in [2.45, 2.75) is 125 Å². The summed E-state index contributed by atoms with van der Waals surface area (Å²) in [6, 6.07) is 28.0. The van der Waals surface area contributed by atoms with Crippen LogP contribution in [0.4, 0.5) is 0 Å². The molecule has 0 N–H and O–H groups in total. The summed E-state index contributed by atoms with van der Waals surface area (Å²) in [7, 11) is 0. The monoisotopic (exact) mass is 947 g/mol. The van der Waals surface area contributed by atoms with Crippen molar-refractivity contribution in [1.29, 1.82) is 0 Å². The Hall–Kier alpha value is -3.50. The van der Waals surface area contributed by atoms with Gasteiger partial charge in [0.2, 0.25) is 0 Å². The molecule has 0 amide bonds. The topological polar surface area (TPSA) is 59.0 Å². The number of benzene rings is 4. The molecule has 1 aromatic heterocycles. The molecule has 0 unspecified atom stereocenters. The van der Waals surface area contributed by atoms with Gasteiger partial charge in [-0.25, -0.2) is 4.98 Å². The molecule has 59 heavy (non-hydrogen) atoms. The maximum absolute atomic E-state index is 14.9. The van der Waals surface area contributed by atoms with Crippen LogP contribution in [-0.4, -0.2) is 4.98 Å². The van der Waals surface area contributed by atoms with Crippen LogP contribution in [0.25, 0.3) is 44.8 Å². The van der Waals surface area contributed by atoms with Gasteiger partial charge in [-0.1, -0.05) is 88.4 Å². The first-order chi connectivity index (χ1) is 28.4. The van der Waals surface area contributed by atoms with Crippen molar-refractivity contribution in [1.82, 2.24) is 4.98 Å². The molecule has 8 fully saturated rings. The van der Waals surface area contributed by atoms with Gasteiger partial charge in [-0.15, -0.1) is 0 Å². The van der Waals surface area contributed by atoms with Gasteiger partial charge in [0.1, 0.15) is 0 Å². The zero-order valence-corrected chi connectivity index (χ0v) is 39.8. The van der Waals surface area contributed by atoms with Crippen LogP contribution in [0.1, 0.15) is 110 Å². The molecule has 8 bridgehead atoms. The van der Waals surface area contributed by atoms with Crippen LogP contribution >= 0.6 is 0 Å². The Morgan fingerprint density at radius 2 is 0.763 bits per heavy atom. The Morgan fingerprint density at radius 1 is 0.441 bits per heavy atom. The average molecular weight is 947 g/mol. The standard InChI is InChI=1S/C53H57NO2.2CH3.Hf/c1-30-8-10-40(44-14-32(3)16-46(50(44)55)52-24-34-18-35(25-52)20-36(19-34)26-52)42(12-30)48-6-5-7-49(54-48)43-13-31(2)9-11-41(43)45-15-33(4)17-47(51(45)56)53-27-37-21-38(28-53)23-39(22-37)29-53;;;/h5-17,34-39,55-56H,18-29H2,1-4H3;2*1H3;/q;;;+2/p-2. The van der Waals surface area contributed by atoms with E-state index in [0.29, 0.717) is 0 Å². The molecule has 302 valence electrons. The molecule has 5 aromatic rings. The molecule has 1 heterocycles. The van der Waals surface area contributed by atoms with E-state index in [1.807, 2.05) is 0 Å². The SMILES string of the molecule is Cc1ccc(-c2cc(C)cc(C34CC5CC(CC(C5)C3)C4)c2[O-])c(-c2cccc(-c3cc(C)ccc3-c3cc(C)cc(C45CC6CC(CC(C6)C4)C5)c3[O-])n2)c1.[CH3][Hf+2][CH3]. The van der Waals surface area contributed by atoms with Crippen molar-refractivity contribution in [2.24, 2.45) is 35.5 Å². The number of hydrogen-bond acceptors (Lipinski definition) is 3. The summed E-state index contributed by atoms with van der Waals surface area (Å²) in [5, 5.41) is 29.7. The molecule has 0 aliphatic heterocycles. The van der Waals surface area contributed by atoms with Gasteiger partial charge in [-0.2, -0.15) is 0 Å². The van der Waals surface area contributed by atoms with E-state index in [1.54, 1.807) is 0 Å². The van der Waals surface area contributed by atoms with Gasteiger partial charge in [-0.05, 0) is 209 Å². The Labute approximate surface area is 364 Å². The first-order valence-electron chi connectivity index (χ1n) is 22.9. The molecular formula is C55H61HfNO2. The molecule has 0 spiro atoms. The van der Waals surface area contributed by atoms with Gasteiger partial charge < -0.3 is 10.2 Å². The fourth-order valence-corrected chi connectivity index (χ4v) is 14.6. The van der Waals surface area contributed by atoms with E-state index < -0.39 is 0 Å². The van der Waals surface area contributed by atoms with Gasteiger partial charge in [0.05, 0.1) is 11.4 Å². The molecule has 0 saturated heterocycles. The minimum absolute atomic E-state index is 0.0307. The molecule has 8 aliphatic rings.